The lowest BCUT2D eigenvalue weighted by Gasteiger charge is -2.25. The van der Waals surface area contributed by atoms with Gasteiger partial charge in [-0.05, 0) is 26.0 Å². The molecule has 0 saturated carbocycles. The van der Waals surface area contributed by atoms with E-state index in [0.717, 1.165) is 5.69 Å². The molecule has 4 N–H and O–H groups in total. The molecule has 0 spiro atoms. The number of rotatable bonds is 4. The van der Waals surface area contributed by atoms with Gasteiger partial charge in [0, 0.05) is 31.0 Å². The minimum atomic E-state index is -0.207. The number of nitrogens with two attached hydrogens (primary N) is 1. The summed E-state index contributed by atoms with van der Waals surface area (Å²) in [5.41, 5.74) is 6.64. The van der Waals surface area contributed by atoms with E-state index in [4.69, 9.17) is 5.73 Å². The van der Waals surface area contributed by atoms with Gasteiger partial charge in [0.15, 0.2) is 0 Å². The van der Waals surface area contributed by atoms with E-state index in [0.29, 0.717) is 12.2 Å². The van der Waals surface area contributed by atoms with Crippen LogP contribution in [0.2, 0.25) is 0 Å². The summed E-state index contributed by atoms with van der Waals surface area (Å²) < 4.78 is 0. The van der Waals surface area contributed by atoms with Crippen LogP contribution < -0.4 is 16.4 Å². The number of carbonyl (C=O) groups excluding carboxylic acids is 1. The lowest BCUT2D eigenvalue weighted by molar-refractivity contribution is 0.0958. The zero-order valence-electron chi connectivity index (χ0n) is 9.87. The highest BCUT2D eigenvalue weighted by Gasteiger charge is 2.15. The Balaban J connectivity index is 2.87. The molecular formula is C11H18N4O. The fourth-order valence-corrected chi connectivity index (χ4v) is 1.20. The minimum absolute atomic E-state index is 0.200. The standard InChI is InChI=1S/C11H18N4O/c1-11(2,7-12)15-8-4-5-14-9(6-8)10(16)13-3/h4-6H,7,12H2,1-3H3,(H,13,16)(H,14,15). The zero-order valence-corrected chi connectivity index (χ0v) is 9.87. The molecule has 0 saturated heterocycles. The van der Waals surface area contributed by atoms with Crippen LogP contribution in [0.1, 0.15) is 24.3 Å². The molecule has 0 aliphatic heterocycles. The minimum Gasteiger partial charge on any atom is -0.379 e. The molecule has 1 amide bonds. The van der Waals surface area contributed by atoms with Crippen molar-refractivity contribution < 1.29 is 4.79 Å². The Morgan fingerprint density at radius 3 is 2.81 bits per heavy atom. The van der Waals surface area contributed by atoms with Crippen LogP contribution >= 0.6 is 0 Å². The van der Waals surface area contributed by atoms with Crippen molar-refractivity contribution in [1.82, 2.24) is 10.3 Å². The van der Waals surface area contributed by atoms with E-state index in [1.807, 2.05) is 19.9 Å². The number of aromatic nitrogens is 1. The Morgan fingerprint density at radius 1 is 1.56 bits per heavy atom. The summed E-state index contributed by atoms with van der Waals surface area (Å²) in [6.45, 7) is 4.49. The van der Waals surface area contributed by atoms with Crippen LogP contribution in [0.5, 0.6) is 0 Å². The molecule has 0 aliphatic carbocycles. The van der Waals surface area contributed by atoms with Crippen LogP contribution in [-0.4, -0.2) is 30.0 Å². The topological polar surface area (TPSA) is 80.0 Å². The van der Waals surface area contributed by atoms with Crippen molar-refractivity contribution in [1.29, 1.82) is 0 Å². The number of hydrogen-bond donors (Lipinski definition) is 3. The van der Waals surface area contributed by atoms with Crippen LogP contribution in [0.15, 0.2) is 18.3 Å². The molecule has 5 heteroatoms. The molecule has 88 valence electrons. The van der Waals surface area contributed by atoms with Gasteiger partial charge >= 0.3 is 0 Å². The molecular weight excluding hydrogens is 204 g/mol. The van der Waals surface area contributed by atoms with Crippen molar-refractivity contribution in [3.8, 4) is 0 Å². The van der Waals surface area contributed by atoms with Crippen LogP contribution in [0.4, 0.5) is 5.69 Å². The molecule has 0 unspecified atom stereocenters. The summed E-state index contributed by atoms with van der Waals surface area (Å²) in [6.07, 6.45) is 1.60. The predicted octanol–water partition coefficient (Wildman–Crippen LogP) is 0.590. The highest BCUT2D eigenvalue weighted by atomic mass is 16.1. The van der Waals surface area contributed by atoms with E-state index in [1.54, 1.807) is 19.3 Å². The summed E-state index contributed by atoms with van der Waals surface area (Å²) in [7, 11) is 1.58. The van der Waals surface area contributed by atoms with Crippen molar-refractivity contribution in [3.63, 3.8) is 0 Å². The molecule has 0 atom stereocenters. The number of nitrogens with one attached hydrogen (secondary N) is 2. The lowest BCUT2D eigenvalue weighted by Crippen LogP contribution is -2.39. The zero-order chi connectivity index (χ0) is 12.2. The molecule has 1 heterocycles. The average molecular weight is 222 g/mol. The second-order valence-electron chi connectivity index (χ2n) is 4.22. The molecule has 1 rings (SSSR count). The highest BCUT2D eigenvalue weighted by molar-refractivity contribution is 5.92. The van der Waals surface area contributed by atoms with Gasteiger partial charge in [0.2, 0.25) is 0 Å². The van der Waals surface area contributed by atoms with Gasteiger partial charge in [0.05, 0.1) is 0 Å². The van der Waals surface area contributed by atoms with E-state index in [9.17, 15) is 4.79 Å². The summed E-state index contributed by atoms with van der Waals surface area (Å²) in [5.74, 6) is -0.200. The van der Waals surface area contributed by atoms with Crippen molar-refractivity contribution in [2.24, 2.45) is 5.73 Å². The van der Waals surface area contributed by atoms with Crippen LogP contribution in [0.25, 0.3) is 0 Å². The Morgan fingerprint density at radius 2 is 2.25 bits per heavy atom. The highest BCUT2D eigenvalue weighted by Crippen LogP contribution is 2.14. The number of amides is 1. The fourth-order valence-electron chi connectivity index (χ4n) is 1.20. The normalized spacial score (nSPS) is 11.0. The van der Waals surface area contributed by atoms with Gasteiger partial charge < -0.3 is 16.4 Å². The molecule has 0 aliphatic rings. The number of hydrogen-bond acceptors (Lipinski definition) is 4. The first kappa shape index (κ1) is 12.4. The van der Waals surface area contributed by atoms with E-state index >= 15 is 0 Å². The van der Waals surface area contributed by atoms with E-state index in [-0.39, 0.29) is 11.4 Å². The molecule has 0 radical (unpaired) electrons. The van der Waals surface area contributed by atoms with Gasteiger partial charge in [-0.3, -0.25) is 9.78 Å². The fraction of sp³-hybridized carbons (Fsp3) is 0.455. The number of pyridine rings is 1. The third-order valence-electron chi connectivity index (χ3n) is 2.21. The van der Waals surface area contributed by atoms with E-state index in [2.05, 4.69) is 15.6 Å². The Kier molecular flexibility index (Phi) is 3.84. The second-order valence-corrected chi connectivity index (χ2v) is 4.22. The number of carbonyl (C=O) groups is 1. The van der Waals surface area contributed by atoms with Gasteiger partial charge in [0.1, 0.15) is 5.69 Å². The molecule has 0 bridgehead atoms. The van der Waals surface area contributed by atoms with Gasteiger partial charge in [0.25, 0.3) is 5.91 Å². The van der Waals surface area contributed by atoms with Crippen molar-refractivity contribution in [2.75, 3.05) is 18.9 Å². The van der Waals surface area contributed by atoms with E-state index in [1.165, 1.54) is 0 Å². The summed E-state index contributed by atoms with van der Waals surface area (Å²) >= 11 is 0. The molecule has 1 aromatic heterocycles. The van der Waals surface area contributed by atoms with E-state index < -0.39 is 0 Å². The maximum absolute atomic E-state index is 11.4. The quantitative estimate of drug-likeness (QED) is 0.696. The van der Waals surface area contributed by atoms with Crippen LogP contribution in [0, 0.1) is 0 Å². The third-order valence-corrected chi connectivity index (χ3v) is 2.21. The van der Waals surface area contributed by atoms with Crippen molar-refractivity contribution in [2.45, 2.75) is 19.4 Å². The lowest BCUT2D eigenvalue weighted by atomic mass is 10.1. The summed E-state index contributed by atoms with van der Waals surface area (Å²) in [5, 5.41) is 5.77. The van der Waals surface area contributed by atoms with Crippen LogP contribution in [0.3, 0.4) is 0 Å². The maximum Gasteiger partial charge on any atom is 0.269 e. The first-order valence-electron chi connectivity index (χ1n) is 5.15. The predicted molar refractivity (Wildman–Crippen MR) is 64.4 cm³/mol. The molecule has 0 aromatic carbocycles. The van der Waals surface area contributed by atoms with Crippen LogP contribution in [-0.2, 0) is 0 Å². The first-order chi connectivity index (χ1) is 7.48. The Bertz CT molecular complexity index is 376. The Labute approximate surface area is 95.4 Å². The summed E-state index contributed by atoms with van der Waals surface area (Å²) in [6, 6.07) is 3.51. The molecule has 5 nitrogen and oxygen atoms in total. The van der Waals surface area contributed by atoms with Crippen molar-refractivity contribution in [3.05, 3.63) is 24.0 Å². The molecule has 1 aromatic rings. The second kappa shape index (κ2) is 4.94. The summed E-state index contributed by atoms with van der Waals surface area (Å²) in [4.78, 5) is 15.4. The molecule has 16 heavy (non-hydrogen) atoms. The molecule has 0 fully saturated rings. The van der Waals surface area contributed by atoms with Gasteiger partial charge in [-0.2, -0.15) is 0 Å². The monoisotopic (exact) mass is 222 g/mol. The number of nitrogens with zero attached hydrogens (tertiary/aromatic N) is 1. The maximum atomic E-state index is 11.4. The van der Waals surface area contributed by atoms with Crippen molar-refractivity contribution >= 4 is 11.6 Å². The average Bonchev–Trinajstić information content (AvgIpc) is 2.28. The van der Waals surface area contributed by atoms with Gasteiger partial charge in [-0.1, -0.05) is 0 Å². The van der Waals surface area contributed by atoms with Gasteiger partial charge in [-0.15, -0.1) is 0 Å². The first-order valence-corrected chi connectivity index (χ1v) is 5.15. The third kappa shape index (κ3) is 3.20. The SMILES string of the molecule is CNC(=O)c1cc(NC(C)(C)CN)ccn1. The van der Waals surface area contributed by atoms with Gasteiger partial charge in [-0.25, -0.2) is 0 Å². The largest absolute Gasteiger partial charge is 0.379 e. The smallest absolute Gasteiger partial charge is 0.269 e. The Hall–Kier alpha value is -1.62. The number of anilines is 1.